The lowest BCUT2D eigenvalue weighted by Gasteiger charge is -2.16. The largest absolute Gasteiger partial charge is 0.349 e. The fraction of sp³-hybridized carbons (Fsp3) is 0.800. The number of thiazole rings is 1. The summed E-state index contributed by atoms with van der Waals surface area (Å²) in [5.74, 6) is 0.906. The molecule has 1 aromatic heterocycles. The molecule has 0 spiro atoms. The lowest BCUT2D eigenvalue weighted by molar-refractivity contribution is -0.116. The minimum absolute atomic E-state index is 0.0995. The second-order valence-corrected chi connectivity index (χ2v) is 7.67. The molecule has 1 rings (SSSR count). The highest BCUT2D eigenvalue weighted by molar-refractivity contribution is 7.16. The van der Waals surface area contributed by atoms with Crippen LogP contribution in [0.5, 0.6) is 0 Å². The first-order valence-electron chi connectivity index (χ1n) is 10.2. The minimum atomic E-state index is 0.0995. The van der Waals surface area contributed by atoms with Gasteiger partial charge in [0.15, 0.2) is 5.13 Å². The summed E-state index contributed by atoms with van der Waals surface area (Å²) in [5.41, 5.74) is 0. The van der Waals surface area contributed by atoms with Crippen LogP contribution < -0.4 is 10.2 Å². The Labute approximate surface area is 158 Å². The Morgan fingerprint density at radius 3 is 2.24 bits per heavy atom. The van der Waals surface area contributed by atoms with Gasteiger partial charge in [-0.3, -0.25) is 4.79 Å². The number of carbonyl (C=O) groups is 1. The van der Waals surface area contributed by atoms with Crippen LogP contribution in [0.25, 0.3) is 0 Å². The molecule has 1 aromatic rings. The number of unbranched alkanes of at least 4 members (excludes halogenated alkanes) is 6. The van der Waals surface area contributed by atoms with Crippen LogP contribution in [0.3, 0.4) is 0 Å². The molecule has 4 nitrogen and oxygen atoms in total. The molecule has 1 N–H and O–H groups in total. The molecular weight excluding hydrogens is 330 g/mol. The van der Waals surface area contributed by atoms with Gasteiger partial charge in [0, 0.05) is 19.5 Å². The predicted octanol–water partition coefficient (Wildman–Crippen LogP) is 6.02. The third kappa shape index (κ3) is 8.21. The standard InChI is InChI=1S/C20H37N3OS/c1-5-9-11-12-13-14-15-17-19(21-18(24)16-10-6-2)22-20(25-17)23(7-3)8-4/h5-16H2,1-4H3,(H,21,24). The maximum absolute atomic E-state index is 12.1. The zero-order valence-electron chi connectivity index (χ0n) is 16.7. The first kappa shape index (κ1) is 21.9. The molecule has 0 bridgehead atoms. The number of hydrogen-bond donors (Lipinski definition) is 1. The molecule has 5 heteroatoms. The van der Waals surface area contributed by atoms with E-state index in [4.69, 9.17) is 4.98 Å². The van der Waals surface area contributed by atoms with Crippen molar-refractivity contribution >= 4 is 28.2 Å². The monoisotopic (exact) mass is 367 g/mol. The third-order valence-corrected chi connectivity index (χ3v) is 5.67. The maximum Gasteiger partial charge on any atom is 0.225 e. The molecule has 1 heterocycles. The summed E-state index contributed by atoms with van der Waals surface area (Å²) in [4.78, 5) is 20.4. The van der Waals surface area contributed by atoms with Crippen molar-refractivity contribution in [3.05, 3.63) is 4.88 Å². The predicted molar refractivity (Wildman–Crippen MR) is 111 cm³/mol. The van der Waals surface area contributed by atoms with Crippen LogP contribution in [0.15, 0.2) is 0 Å². The lowest BCUT2D eigenvalue weighted by Crippen LogP contribution is -2.21. The maximum atomic E-state index is 12.1. The Morgan fingerprint density at radius 2 is 1.60 bits per heavy atom. The van der Waals surface area contributed by atoms with Crippen LogP contribution in [0.2, 0.25) is 0 Å². The third-order valence-electron chi connectivity index (χ3n) is 4.49. The van der Waals surface area contributed by atoms with Crippen molar-refractivity contribution in [3.63, 3.8) is 0 Å². The van der Waals surface area contributed by atoms with E-state index in [1.807, 2.05) is 0 Å². The Hall–Kier alpha value is -1.10. The number of aryl methyl sites for hydroxylation is 1. The zero-order chi connectivity index (χ0) is 18.5. The minimum Gasteiger partial charge on any atom is -0.349 e. The first-order chi connectivity index (χ1) is 12.2. The van der Waals surface area contributed by atoms with Gasteiger partial charge in [0.05, 0.1) is 4.88 Å². The number of hydrogen-bond acceptors (Lipinski definition) is 4. The van der Waals surface area contributed by atoms with E-state index >= 15 is 0 Å². The average Bonchev–Trinajstić information content (AvgIpc) is 2.99. The molecule has 0 saturated heterocycles. The van der Waals surface area contributed by atoms with Crippen molar-refractivity contribution in [1.82, 2.24) is 4.98 Å². The van der Waals surface area contributed by atoms with E-state index in [2.05, 4.69) is 37.9 Å². The highest BCUT2D eigenvalue weighted by atomic mass is 32.1. The SMILES string of the molecule is CCCCCCCCc1sc(N(CC)CC)nc1NC(=O)CCCC. The quantitative estimate of drug-likeness (QED) is 0.409. The van der Waals surface area contributed by atoms with Gasteiger partial charge in [0.2, 0.25) is 5.91 Å². The molecule has 25 heavy (non-hydrogen) atoms. The zero-order valence-corrected chi connectivity index (χ0v) is 17.5. The molecule has 144 valence electrons. The highest BCUT2D eigenvalue weighted by Gasteiger charge is 2.16. The van der Waals surface area contributed by atoms with Gasteiger partial charge in [0.1, 0.15) is 5.82 Å². The highest BCUT2D eigenvalue weighted by Crippen LogP contribution is 2.31. The number of rotatable bonds is 14. The number of aromatic nitrogens is 1. The normalized spacial score (nSPS) is 10.9. The second kappa shape index (κ2) is 13.2. The van der Waals surface area contributed by atoms with Crippen LogP contribution in [0.4, 0.5) is 10.9 Å². The van der Waals surface area contributed by atoms with Crippen molar-refractivity contribution in [2.24, 2.45) is 0 Å². The topological polar surface area (TPSA) is 45.2 Å². The van der Waals surface area contributed by atoms with E-state index in [0.717, 1.165) is 43.3 Å². The molecule has 0 aliphatic rings. The Morgan fingerprint density at radius 1 is 0.960 bits per heavy atom. The summed E-state index contributed by atoms with van der Waals surface area (Å²) in [7, 11) is 0. The van der Waals surface area contributed by atoms with Gasteiger partial charge >= 0.3 is 0 Å². The van der Waals surface area contributed by atoms with E-state index in [0.29, 0.717) is 6.42 Å². The van der Waals surface area contributed by atoms with Crippen molar-refractivity contribution < 1.29 is 4.79 Å². The van der Waals surface area contributed by atoms with Crippen molar-refractivity contribution in [2.75, 3.05) is 23.3 Å². The summed E-state index contributed by atoms with van der Waals surface area (Å²) in [5, 5.41) is 4.10. The molecule has 0 unspecified atom stereocenters. The smallest absolute Gasteiger partial charge is 0.225 e. The molecule has 0 radical (unpaired) electrons. The van der Waals surface area contributed by atoms with Crippen molar-refractivity contribution in [3.8, 4) is 0 Å². The number of nitrogens with one attached hydrogen (secondary N) is 1. The van der Waals surface area contributed by atoms with Crippen LogP contribution in [0, 0.1) is 0 Å². The van der Waals surface area contributed by atoms with Crippen LogP contribution in [-0.2, 0) is 11.2 Å². The number of amides is 1. The van der Waals surface area contributed by atoms with E-state index < -0.39 is 0 Å². The first-order valence-corrected chi connectivity index (χ1v) is 11.0. The molecular formula is C20H37N3OS. The Bertz CT molecular complexity index is 483. The number of anilines is 2. The van der Waals surface area contributed by atoms with Gasteiger partial charge in [-0.15, -0.1) is 0 Å². The molecule has 1 amide bonds. The fourth-order valence-electron chi connectivity index (χ4n) is 2.83. The van der Waals surface area contributed by atoms with Crippen LogP contribution in [-0.4, -0.2) is 24.0 Å². The number of nitrogens with zero attached hydrogens (tertiary/aromatic N) is 2. The van der Waals surface area contributed by atoms with E-state index in [9.17, 15) is 4.79 Å². The molecule has 0 fully saturated rings. The summed E-state index contributed by atoms with van der Waals surface area (Å²) < 4.78 is 0. The van der Waals surface area contributed by atoms with Gasteiger partial charge < -0.3 is 10.2 Å². The average molecular weight is 368 g/mol. The van der Waals surface area contributed by atoms with Gasteiger partial charge in [-0.25, -0.2) is 4.98 Å². The molecule has 0 aromatic carbocycles. The molecule has 0 atom stereocenters. The van der Waals surface area contributed by atoms with Gasteiger partial charge in [-0.1, -0.05) is 63.7 Å². The summed E-state index contributed by atoms with van der Waals surface area (Å²) in [6.07, 6.45) is 11.3. The number of carbonyl (C=O) groups excluding carboxylic acids is 1. The Balaban J connectivity index is 2.68. The Kier molecular flexibility index (Phi) is 11.5. The van der Waals surface area contributed by atoms with Gasteiger partial charge in [0.25, 0.3) is 0 Å². The van der Waals surface area contributed by atoms with Gasteiger partial charge in [-0.05, 0) is 33.1 Å². The molecule has 0 aliphatic carbocycles. The van der Waals surface area contributed by atoms with E-state index in [1.54, 1.807) is 11.3 Å². The molecule has 0 aliphatic heterocycles. The second-order valence-electron chi connectivity index (χ2n) is 6.61. The van der Waals surface area contributed by atoms with Gasteiger partial charge in [-0.2, -0.15) is 0 Å². The fourth-order valence-corrected chi connectivity index (χ4v) is 4.02. The van der Waals surface area contributed by atoms with Crippen LogP contribution >= 0.6 is 11.3 Å². The van der Waals surface area contributed by atoms with Crippen LogP contribution in [0.1, 0.15) is 90.4 Å². The van der Waals surface area contributed by atoms with Crippen molar-refractivity contribution in [2.45, 2.75) is 91.9 Å². The van der Waals surface area contributed by atoms with E-state index in [1.165, 1.54) is 43.4 Å². The van der Waals surface area contributed by atoms with E-state index in [-0.39, 0.29) is 5.91 Å². The summed E-state index contributed by atoms with van der Waals surface area (Å²) >= 11 is 1.75. The van der Waals surface area contributed by atoms with Crippen molar-refractivity contribution in [1.29, 1.82) is 0 Å². The summed E-state index contributed by atoms with van der Waals surface area (Å²) in [6.45, 7) is 10.6. The molecule has 0 saturated carbocycles. The lowest BCUT2D eigenvalue weighted by atomic mass is 10.1. The summed E-state index contributed by atoms with van der Waals surface area (Å²) in [6, 6.07) is 0.